The third-order valence-electron chi connectivity index (χ3n) is 4.48. The number of halogens is 2. The van der Waals surface area contributed by atoms with Gasteiger partial charge in [-0.2, -0.15) is 0 Å². The van der Waals surface area contributed by atoms with Crippen molar-refractivity contribution in [2.24, 2.45) is 5.41 Å². The van der Waals surface area contributed by atoms with Gasteiger partial charge in [-0.1, -0.05) is 19.3 Å². The lowest BCUT2D eigenvalue weighted by Gasteiger charge is -2.31. The highest BCUT2D eigenvalue weighted by molar-refractivity contribution is 5.99. The van der Waals surface area contributed by atoms with E-state index in [1.807, 2.05) is 0 Å². The Morgan fingerprint density at radius 2 is 1.58 bits per heavy atom. The van der Waals surface area contributed by atoms with Crippen molar-refractivity contribution in [3.05, 3.63) is 29.8 Å². The maximum absolute atomic E-state index is 13.3. The van der Waals surface area contributed by atoms with Crippen LogP contribution in [0.4, 0.5) is 14.5 Å². The van der Waals surface area contributed by atoms with Crippen molar-refractivity contribution in [3.63, 3.8) is 0 Å². The summed E-state index contributed by atoms with van der Waals surface area (Å²) in [4.78, 5) is 14.1. The van der Waals surface area contributed by atoms with Crippen LogP contribution in [0.3, 0.4) is 0 Å². The van der Waals surface area contributed by atoms with Crippen LogP contribution >= 0.6 is 0 Å². The van der Waals surface area contributed by atoms with Gasteiger partial charge in [0.1, 0.15) is 11.6 Å². The van der Waals surface area contributed by atoms with Gasteiger partial charge in [-0.3, -0.25) is 4.79 Å². The molecular weight excluding hydrogens is 248 g/mol. The van der Waals surface area contributed by atoms with Crippen LogP contribution in [-0.2, 0) is 4.79 Å². The number of anilines is 1. The van der Waals surface area contributed by atoms with E-state index in [4.69, 9.17) is 0 Å². The molecule has 1 saturated carbocycles. The molecule has 1 aromatic rings. The normalized spacial score (nSPS) is 22.2. The molecule has 3 rings (SSSR count). The SMILES string of the molecule is O=C1N(c2cc(F)cc(F)c2)CCC12CCCCC2. The van der Waals surface area contributed by atoms with Gasteiger partial charge >= 0.3 is 0 Å². The second kappa shape index (κ2) is 4.58. The van der Waals surface area contributed by atoms with E-state index in [2.05, 4.69) is 0 Å². The molecule has 1 aromatic carbocycles. The lowest BCUT2D eigenvalue weighted by atomic mass is 9.73. The number of hydrogen-bond acceptors (Lipinski definition) is 1. The zero-order valence-corrected chi connectivity index (χ0v) is 10.8. The van der Waals surface area contributed by atoms with Gasteiger partial charge in [0.25, 0.3) is 0 Å². The quantitative estimate of drug-likeness (QED) is 0.759. The largest absolute Gasteiger partial charge is 0.312 e. The highest BCUT2D eigenvalue weighted by Gasteiger charge is 2.47. The Bertz CT molecular complexity index is 489. The number of carbonyl (C=O) groups is 1. The predicted octanol–water partition coefficient (Wildman–Crippen LogP) is 3.65. The minimum Gasteiger partial charge on any atom is -0.312 e. The summed E-state index contributed by atoms with van der Waals surface area (Å²) in [5, 5.41) is 0. The fourth-order valence-electron chi connectivity index (χ4n) is 3.45. The summed E-state index contributed by atoms with van der Waals surface area (Å²) < 4.78 is 26.5. The molecule has 102 valence electrons. The molecule has 1 amide bonds. The van der Waals surface area contributed by atoms with Crippen molar-refractivity contribution >= 4 is 11.6 Å². The smallest absolute Gasteiger partial charge is 0.233 e. The third kappa shape index (κ3) is 2.13. The molecule has 1 aliphatic heterocycles. The molecule has 0 radical (unpaired) electrons. The zero-order valence-electron chi connectivity index (χ0n) is 10.8. The van der Waals surface area contributed by atoms with E-state index in [0.717, 1.165) is 38.2 Å². The Morgan fingerprint density at radius 1 is 0.947 bits per heavy atom. The van der Waals surface area contributed by atoms with E-state index in [0.29, 0.717) is 12.2 Å². The van der Waals surface area contributed by atoms with Crippen LogP contribution in [0.15, 0.2) is 18.2 Å². The summed E-state index contributed by atoms with van der Waals surface area (Å²) in [6.45, 7) is 0.571. The molecule has 19 heavy (non-hydrogen) atoms. The minimum atomic E-state index is -0.632. The molecule has 0 aromatic heterocycles. The first-order valence-electron chi connectivity index (χ1n) is 6.89. The molecule has 1 saturated heterocycles. The summed E-state index contributed by atoms with van der Waals surface area (Å²) in [5.74, 6) is -1.21. The van der Waals surface area contributed by atoms with Crippen LogP contribution < -0.4 is 4.90 Å². The fourth-order valence-corrected chi connectivity index (χ4v) is 3.45. The van der Waals surface area contributed by atoms with E-state index >= 15 is 0 Å². The van der Waals surface area contributed by atoms with Crippen LogP contribution in [0, 0.1) is 17.0 Å². The lowest BCUT2D eigenvalue weighted by molar-refractivity contribution is -0.127. The first-order valence-corrected chi connectivity index (χ1v) is 6.89. The molecule has 0 N–H and O–H groups in total. The number of benzene rings is 1. The molecule has 1 spiro atoms. The lowest BCUT2D eigenvalue weighted by Crippen LogP contribution is -2.36. The Morgan fingerprint density at radius 3 is 2.21 bits per heavy atom. The summed E-state index contributed by atoms with van der Waals surface area (Å²) in [6.07, 6.45) is 5.99. The van der Waals surface area contributed by atoms with E-state index in [1.165, 1.54) is 18.6 Å². The van der Waals surface area contributed by atoms with Gasteiger partial charge in [0, 0.05) is 18.3 Å². The molecule has 0 atom stereocenters. The molecule has 2 aliphatic rings. The van der Waals surface area contributed by atoms with E-state index < -0.39 is 11.6 Å². The first kappa shape index (κ1) is 12.6. The van der Waals surface area contributed by atoms with E-state index in [1.54, 1.807) is 4.90 Å². The van der Waals surface area contributed by atoms with Gasteiger partial charge in [0.2, 0.25) is 5.91 Å². The fraction of sp³-hybridized carbons (Fsp3) is 0.533. The molecule has 2 nitrogen and oxygen atoms in total. The van der Waals surface area contributed by atoms with E-state index in [9.17, 15) is 13.6 Å². The summed E-state index contributed by atoms with van der Waals surface area (Å²) >= 11 is 0. The van der Waals surface area contributed by atoms with Crippen LogP contribution in [-0.4, -0.2) is 12.5 Å². The molecule has 1 heterocycles. The number of amides is 1. The maximum atomic E-state index is 13.3. The molecule has 0 bridgehead atoms. The topological polar surface area (TPSA) is 20.3 Å². The standard InChI is InChI=1S/C15H17F2NO/c16-11-8-12(17)10-13(9-11)18-7-6-15(14(18)19)4-2-1-3-5-15/h8-10H,1-7H2. The Kier molecular flexibility index (Phi) is 3.03. The molecule has 2 fully saturated rings. The number of rotatable bonds is 1. The van der Waals surface area contributed by atoms with Crippen LogP contribution in [0.5, 0.6) is 0 Å². The van der Waals surface area contributed by atoms with Gasteiger partial charge < -0.3 is 4.90 Å². The summed E-state index contributed by atoms with van der Waals surface area (Å²) in [6, 6.07) is 3.31. The second-order valence-corrected chi connectivity index (χ2v) is 5.68. The van der Waals surface area contributed by atoms with Crippen LogP contribution in [0.1, 0.15) is 38.5 Å². The van der Waals surface area contributed by atoms with Gasteiger partial charge in [0.05, 0.1) is 5.41 Å². The number of nitrogens with zero attached hydrogens (tertiary/aromatic N) is 1. The van der Waals surface area contributed by atoms with Gasteiger partial charge in [-0.15, -0.1) is 0 Å². The summed E-state index contributed by atoms with van der Waals surface area (Å²) in [7, 11) is 0. The number of carbonyl (C=O) groups excluding carboxylic acids is 1. The van der Waals surface area contributed by atoms with Crippen molar-refractivity contribution in [2.45, 2.75) is 38.5 Å². The molecular formula is C15H17F2NO. The third-order valence-corrected chi connectivity index (χ3v) is 4.48. The van der Waals surface area contributed by atoms with Crippen LogP contribution in [0.2, 0.25) is 0 Å². The van der Waals surface area contributed by atoms with Crippen molar-refractivity contribution in [1.82, 2.24) is 0 Å². The average Bonchev–Trinajstić information content (AvgIpc) is 2.67. The van der Waals surface area contributed by atoms with Crippen LogP contribution in [0.25, 0.3) is 0 Å². The molecule has 1 aliphatic carbocycles. The van der Waals surface area contributed by atoms with E-state index in [-0.39, 0.29) is 11.3 Å². The van der Waals surface area contributed by atoms with Crippen molar-refractivity contribution in [1.29, 1.82) is 0 Å². The maximum Gasteiger partial charge on any atom is 0.233 e. The highest BCUT2D eigenvalue weighted by Crippen LogP contribution is 2.45. The Hall–Kier alpha value is -1.45. The predicted molar refractivity (Wildman–Crippen MR) is 68.8 cm³/mol. The van der Waals surface area contributed by atoms with Crippen molar-refractivity contribution in [2.75, 3.05) is 11.4 Å². The van der Waals surface area contributed by atoms with Gasteiger partial charge in [0.15, 0.2) is 0 Å². The Labute approximate surface area is 111 Å². The molecule has 0 unspecified atom stereocenters. The second-order valence-electron chi connectivity index (χ2n) is 5.68. The number of hydrogen-bond donors (Lipinski definition) is 0. The minimum absolute atomic E-state index is 0.0530. The highest BCUT2D eigenvalue weighted by atomic mass is 19.1. The average molecular weight is 265 g/mol. The molecule has 4 heteroatoms. The monoisotopic (exact) mass is 265 g/mol. The van der Waals surface area contributed by atoms with Crippen molar-refractivity contribution < 1.29 is 13.6 Å². The first-order chi connectivity index (χ1) is 9.11. The summed E-state index contributed by atoms with van der Waals surface area (Å²) in [5.41, 5.74) is 0.0890. The van der Waals surface area contributed by atoms with Crippen molar-refractivity contribution in [3.8, 4) is 0 Å². The van der Waals surface area contributed by atoms with Gasteiger partial charge in [-0.05, 0) is 31.4 Å². The zero-order chi connectivity index (χ0) is 13.5. The van der Waals surface area contributed by atoms with Gasteiger partial charge in [-0.25, -0.2) is 8.78 Å². The Balaban J connectivity index is 1.89.